The van der Waals surface area contributed by atoms with Crippen LogP contribution in [0.1, 0.15) is 37.9 Å². The zero-order valence-corrected chi connectivity index (χ0v) is 24.6. The van der Waals surface area contributed by atoms with Crippen LogP contribution in [-0.2, 0) is 35.3 Å². The highest BCUT2D eigenvalue weighted by Crippen LogP contribution is 2.41. The average molecular weight is 639 g/mol. The van der Waals surface area contributed by atoms with Crippen molar-refractivity contribution in [2.45, 2.75) is 61.3 Å². The number of ether oxygens (including phenoxy) is 1. The maximum absolute atomic E-state index is 13.2. The second kappa shape index (κ2) is 13.0. The summed E-state index contributed by atoms with van der Waals surface area (Å²) in [6, 6.07) is -0.996. The predicted octanol–water partition coefficient (Wildman–Crippen LogP) is -0.136. The van der Waals surface area contributed by atoms with Crippen LogP contribution in [0, 0.1) is 0 Å². The van der Waals surface area contributed by atoms with E-state index in [1.54, 1.807) is 0 Å². The summed E-state index contributed by atoms with van der Waals surface area (Å²) >= 11 is 3.39. The molecule has 3 aliphatic rings. The zero-order valence-electron chi connectivity index (χ0n) is 22.2. The van der Waals surface area contributed by atoms with E-state index in [4.69, 9.17) is 10.6 Å². The standard InChI is InChI=1S/C22H26N10O7S3/c1-38-12(33)6-7-31-22(26-29-30-31)41-9-10-8-40-19-14(18(35)32(19)15(10)20(36)37)24-17(34)13(16-25-21(23)42-28-16)27-39-11-4-2-3-5-11/h11,14,19H,2-9H2,1H3,(H,24,34)(H,36,37)(H2,23,25,28)/b27-13+. The summed E-state index contributed by atoms with van der Waals surface area (Å²) in [6.07, 6.45) is 3.56. The Kier molecular flexibility index (Phi) is 9.21. The zero-order chi connectivity index (χ0) is 29.8. The number of nitrogens with one attached hydrogen (secondary N) is 1. The number of rotatable bonds is 12. The van der Waals surface area contributed by atoms with Gasteiger partial charge in [0.1, 0.15) is 23.2 Å². The van der Waals surface area contributed by atoms with Gasteiger partial charge < -0.3 is 25.7 Å². The van der Waals surface area contributed by atoms with Crippen LogP contribution in [0.4, 0.5) is 5.13 Å². The highest BCUT2D eigenvalue weighted by Gasteiger charge is 2.54. The fourth-order valence-electron chi connectivity index (χ4n) is 4.53. The number of esters is 1. The van der Waals surface area contributed by atoms with Gasteiger partial charge in [-0.05, 0) is 41.7 Å². The van der Waals surface area contributed by atoms with Gasteiger partial charge in [0.25, 0.3) is 11.8 Å². The number of aliphatic carboxylic acids is 1. The van der Waals surface area contributed by atoms with Crippen molar-refractivity contribution in [3.63, 3.8) is 0 Å². The predicted molar refractivity (Wildman–Crippen MR) is 149 cm³/mol. The topological polar surface area (TPSA) is 230 Å². The van der Waals surface area contributed by atoms with Crippen molar-refractivity contribution < 1.29 is 33.9 Å². The first kappa shape index (κ1) is 29.7. The molecule has 1 saturated carbocycles. The molecule has 2 unspecified atom stereocenters. The number of nitrogens with zero attached hydrogens (tertiary/aromatic N) is 8. The summed E-state index contributed by atoms with van der Waals surface area (Å²) in [5.41, 5.74) is 5.83. The Balaban J connectivity index is 1.27. The van der Waals surface area contributed by atoms with Crippen molar-refractivity contribution in [2.24, 2.45) is 5.16 Å². The number of β-lactam (4-membered cyclic amide) rings is 1. The molecule has 0 radical (unpaired) electrons. The minimum Gasteiger partial charge on any atom is -0.477 e. The van der Waals surface area contributed by atoms with Gasteiger partial charge in [-0.2, -0.15) is 9.36 Å². The van der Waals surface area contributed by atoms with E-state index in [-0.39, 0.29) is 52.9 Å². The number of aryl methyl sites for hydroxylation is 1. The number of amides is 2. The van der Waals surface area contributed by atoms with Gasteiger partial charge in [-0.25, -0.2) is 9.48 Å². The molecule has 224 valence electrons. The second-order valence-corrected chi connectivity index (χ2v) is 12.2. The van der Waals surface area contributed by atoms with Crippen molar-refractivity contribution >= 4 is 69.7 Å². The van der Waals surface area contributed by atoms with Crippen LogP contribution >= 0.6 is 35.1 Å². The minimum absolute atomic E-state index is 0.0210. The average Bonchev–Trinajstić information content (AvgIpc) is 3.76. The van der Waals surface area contributed by atoms with Gasteiger partial charge in [0.2, 0.25) is 16.7 Å². The number of tetrazole rings is 1. The SMILES string of the molecule is COC(=O)CCn1nnnc1SCC1=C(C(=O)O)N2C(=O)C(NC(=O)/C(=N/OC3CCCC3)c3nsc(N)n3)C2SC1. The molecule has 1 saturated heterocycles. The molecule has 2 fully saturated rings. The number of carbonyl (C=O) groups excluding carboxylic acids is 3. The lowest BCUT2D eigenvalue weighted by molar-refractivity contribution is -0.150. The number of oxime groups is 1. The molecule has 2 amide bonds. The molecule has 2 aromatic rings. The first-order valence-electron chi connectivity index (χ1n) is 12.8. The Morgan fingerprint density at radius 2 is 2.07 bits per heavy atom. The number of methoxy groups -OCH3 is 1. The van der Waals surface area contributed by atoms with Gasteiger partial charge in [0.05, 0.1) is 20.1 Å². The number of carboxylic acids is 1. The number of nitrogens with two attached hydrogens (primary N) is 1. The molecule has 0 aromatic carbocycles. The summed E-state index contributed by atoms with van der Waals surface area (Å²) in [4.78, 5) is 60.9. The quantitative estimate of drug-likeness (QED) is 0.0903. The van der Waals surface area contributed by atoms with E-state index in [9.17, 15) is 24.3 Å². The van der Waals surface area contributed by atoms with Gasteiger partial charge in [-0.15, -0.1) is 16.9 Å². The van der Waals surface area contributed by atoms with Crippen LogP contribution in [-0.4, -0.2) is 105 Å². The molecule has 4 heterocycles. The number of fused-ring (bicyclic) bond motifs is 1. The Morgan fingerprint density at radius 1 is 1.29 bits per heavy atom. The molecule has 17 nitrogen and oxygen atoms in total. The third-order valence-corrected chi connectivity index (χ3v) is 9.56. The first-order valence-corrected chi connectivity index (χ1v) is 15.6. The number of thioether (sulfide) groups is 2. The van der Waals surface area contributed by atoms with Gasteiger partial charge in [0, 0.05) is 23.0 Å². The summed E-state index contributed by atoms with van der Waals surface area (Å²) in [5, 5.41) is 27.9. The third-order valence-electron chi connectivity index (χ3n) is 6.63. The molecular formula is C22H26N10O7S3. The summed E-state index contributed by atoms with van der Waals surface area (Å²) in [6.45, 7) is 0.190. The Morgan fingerprint density at radius 3 is 2.76 bits per heavy atom. The molecule has 0 bridgehead atoms. The van der Waals surface area contributed by atoms with Crippen LogP contribution in [0.5, 0.6) is 0 Å². The van der Waals surface area contributed by atoms with Crippen LogP contribution < -0.4 is 11.1 Å². The first-order chi connectivity index (χ1) is 20.3. The second-order valence-electron chi connectivity index (χ2n) is 9.33. The number of carboxylic acid groups (broad SMARTS) is 1. The molecular weight excluding hydrogens is 613 g/mol. The number of anilines is 1. The lowest BCUT2D eigenvalue weighted by atomic mass is 10.0. The van der Waals surface area contributed by atoms with Crippen molar-refractivity contribution in [2.75, 3.05) is 24.3 Å². The highest BCUT2D eigenvalue weighted by atomic mass is 32.2. The normalized spacial score (nSPS) is 20.7. The number of carbonyl (C=O) groups is 4. The highest BCUT2D eigenvalue weighted by molar-refractivity contribution is 8.01. The number of aromatic nitrogens is 6. The largest absolute Gasteiger partial charge is 0.477 e. The fourth-order valence-corrected chi connectivity index (χ4v) is 7.35. The van der Waals surface area contributed by atoms with E-state index in [1.165, 1.54) is 40.2 Å². The molecule has 2 aliphatic heterocycles. The van der Waals surface area contributed by atoms with Crippen LogP contribution in [0.2, 0.25) is 0 Å². The van der Waals surface area contributed by atoms with Crippen LogP contribution in [0.25, 0.3) is 0 Å². The molecule has 4 N–H and O–H groups in total. The molecule has 20 heteroatoms. The number of hydrogen-bond acceptors (Lipinski definition) is 16. The lowest BCUT2D eigenvalue weighted by Crippen LogP contribution is -2.71. The van der Waals surface area contributed by atoms with Gasteiger partial charge in [-0.3, -0.25) is 19.3 Å². The maximum Gasteiger partial charge on any atom is 0.352 e. The minimum atomic E-state index is -1.27. The molecule has 1 aliphatic carbocycles. The third kappa shape index (κ3) is 6.33. The summed E-state index contributed by atoms with van der Waals surface area (Å²) in [7, 11) is 1.28. The Bertz CT molecular complexity index is 1440. The van der Waals surface area contributed by atoms with Crippen molar-refractivity contribution in [3.8, 4) is 0 Å². The van der Waals surface area contributed by atoms with Gasteiger partial charge in [-0.1, -0.05) is 16.9 Å². The van der Waals surface area contributed by atoms with E-state index >= 15 is 0 Å². The van der Waals surface area contributed by atoms with Crippen molar-refractivity contribution in [3.05, 3.63) is 17.1 Å². The maximum atomic E-state index is 13.2. The van der Waals surface area contributed by atoms with Crippen LogP contribution in [0.15, 0.2) is 21.6 Å². The smallest absolute Gasteiger partial charge is 0.352 e. The van der Waals surface area contributed by atoms with Crippen molar-refractivity contribution in [1.82, 2.24) is 39.8 Å². The molecule has 2 aromatic heterocycles. The van der Waals surface area contributed by atoms with Crippen molar-refractivity contribution in [1.29, 1.82) is 0 Å². The molecule has 42 heavy (non-hydrogen) atoms. The summed E-state index contributed by atoms with van der Waals surface area (Å²) in [5.74, 6) is -2.55. The lowest BCUT2D eigenvalue weighted by Gasteiger charge is -2.49. The van der Waals surface area contributed by atoms with E-state index in [0.717, 1.165) is 37.2 Å². The van der Waals surface area contributed by atoms with Gasteiger partial charge in [0.15, 0.2) is 5.13 Å². The van der Waals surface area contributed by atoms with E-state index in [1.807, 2.05) is 0 Å². The Hall–Kier alpha value is -3.78. The molecule has 2 atom stereocenters. The van der Waals surface area contributed by atoms with E-state index in [0.29, 0.717) is 10.7 Å². The summed E-state index contributed by atoms with van der Waals surface area (Å²) < 4.78 is 10.1. The Labute approximate surface area is 250 Å². The number of nitrogen functional groups attached to an aromatic ring is 1. The molecule has 5 rings (SSSR count). The monoisotopic (exact) mass is 638 g/mol. The molecule has 0 spiro atoms. The van der Waals surface area contributed by atoms with E-state index < -0.39 is 35.2 Å². The fraction of sp³-hybridized carbons (Fsp3) is 0.545. The van der Waals surface area contributed by atoms with E-state index in [2.05, 4.69) is 40.1 Å². The van der Waals surface area contributed by atoms with Crippen LogP contribution in [0.3, 0.4) is 0 Å². The van der Waals surface area contributed by atoms with Gasteiger partial charge >= 0.3 is 11.9 Å². The number of hydrogen-bond donors (Lipinski definition) is 3.